The lowest BCUT2D eigenvalue weighted by Crippen LogP contribution is -2.46. The van der Waals surface area contributed by atoms with Crippen molar-refractivity contribution >= 4 is 12.0 Å². The van der Waals surface area contributed by atoms with Gasteiger partial charge in [0.2, 0.25) is 0 Å². The molecule has 1 rings (SSSR count). The Kier molecular flexibility index (Phi) is 7.29. The van der Waals surface area contributed by atoms with Crippen LogP contribution in [0.2, 0.25) is 0 Å². The van der Waals surface area contributed by atoms with Gasteiger partial charge < -0.3 is 15.7 Å². The maximum Gasteiger partial charge on any atom is 0.326 e. The van der Waals surface area contributed by atoms with Crippen LogP contribution in [0, 0.1) is 5.92 Å². The van der Waals surface area contributed by atoms with Crippen molar-refractivity contribution in [1.29, 1.82) is 0 Å². The summed E-state index contributed by atoms with van der Waals surface area (Å²) in [6.45, 7) is 4.69. The molecule has 0 aliphatic rings. The largest absolute Gasteiger partial charge is 0.480 e. The van der Waals surface area contributed by atoms with Crippen LogP contribution < -0.4 is 10.6 Å². The molecule has 5 nitrogen and oxygen atoms in total. The normalized spacial score (nSPS) is 12.0. The zero-order chi connectivity index (χ0) is 15.7. The van der Waals surface area contributed by atoms with Gasteiger partial charge in [0.25, 0.3) is 0 Å². The third-order valence-corrected chi connectivity index (χ3v) is 3.18. The SMILES string of the molecule is CC(C)CCNC(=O)N[C@@H](CCc1ccccc1)C(=O)O. The Hall–Kier alpha value is -2.04. The lowest BCUT2D eigenvalue weighted by atomic mass is 10.1. The molecule has 5 heteroatoms. The number of rotatable bonds is 8. The molecule has 2 amide bonds. The second-order valence-corrected chi connectivity index (χ2v) is 5.50. The summed E-state index contributed by atoms with van der Waals surface area (Å²) in [6, 6.07) is 8.34. The van der Waals surface area contributed by atoms with Crippen molar-refractivity contribution in [3.05, 3.63) is 35.9 Å². The first-order valence-corrected chi connectivity index (χ1v) is 7.30. The number of carbonyl (C=O) groups excluding carboxylic acids is 1. The molecule has 0 aromatic heterocycles. The highest BCUT2D eigenvalue weighted by atomic mass is 16.4. The molecule has 0 saturated carbocycles. The molecule has 1 atom stereocenters. The van der Waals surface area contributed by atoms with Crippen molar-refractivity contribution in [1.82, 2.24) is 10.6 Å². The topological polar surface area (TPSA) is 78.4 Å². The molecule has 1 aromatic rings. The fourth-order valence-electron chi connectivity index (χ4n) is 1.90. The number of hydrogen-bond donors (Lipinski definition) is 3. The van der Waals surface area contributed by atoms with Gasteiger partial charge in [0.05, 0.1) is 0 Å². The molecule has 1 aromatic carbocycles. The molecule has 0 saturated heterocycles. The summed E-state index contributed by atoms with van der Waals surface area (Å²) in [6.07, 6.45) is 1.86. The standard InChI is InChI=1S/C16H24N2O3/c1-12(2)10-11-17-16(21)18-14(15(19)20)9-8-13-6-4-3-5-7-13/h3-7,12,14H,8-11H2,1-2H3,(H,19,20)(H2,17,18,21)/t14-/m0/s1. The van der Waals surface area contributed by atoms with E-state index in [1.165, 1.54) is 0 Å². The van der Waals surface area contributed by atoms with Crippen molar-refractivity contribution in [2.75, 3.05) is 6.54 Å². The Morgan fingerprint density at radius 2 is 1.81 bits per heavy atom. The van der Waals surface area contributed by atoms with Gasteiger partial charge in [-0.1, -0.05) is 44.2 Å². The summed E-state index contributed by atoms with van der Waals surface area (Å²) in [4.78, 5) is 22.9. The first-order valence-electron chi connectivity index (χ1n) is 7.30. The molecular weight excluding hydrogens is 268 g/mol. The number of carboxylic acids is 1. The van der Waals surface area contributed by atoms with Crippen LogP contribution in [0.4, 0.5) is 4.79 Å². The molecule has 3 N–H and O–H groups in total. The Bertz CT molecular complexity index is 446. The van der Waals surface area contributed by atoms with E-state index in [2.05, 4.69) is 24.5 Å². The molecule has 0 radical (unpaired) electrons. The molecule has 0 aliphatic carbocycles. The summed E-state index contributed by atoms with van der Waals surface area (Å²) in [7, 11) is 0. The van der Waals surface area contributed by atoms with E-state index >= 15 is 0 Å². The second kappa shape index (κ2) is 9.00. The van der Waals surface area contributed by atoms with E-state index in [0.29, 0.717) is 25.3 Å². The van der Waals surface area contributed by atoms with Gasteiger partial charge >= 0.3 is 12.0 Å². The number of nitrogens with one attached hydrogen (secondary N) is 2. The molecule has 0 fully saturated rings. The van der Waals surface area contributed by atoms with E-state index in [4.69, 9.17) is 0 Å². The minimum Gasteiger partial charge on any atom is -0.480 e. The number of amides is 2. The number of aliphatic carboxylic acids is 1. The zero-order valence-corrected chi connectivity index (χ0v) is 12.6. The van der Waals surface area contributed by atoms with Gasteiger partial charge in [0, 0.05) is 6.54 Å². The van der Waals surface area contributed by atoms with Crippen LogP contribution in [0.15, 0.2) is 30.3 Å². The molecule has 0 bridgehead atoms. The third kappa shape index (κ3) is 7.34. The van der Waals surface area contributed by atoms with Gasteiger partial charge in [0.15, 0.2) is 0 Å². The number of carboxylic acid groups (broad SMARTS) is 1. The molecule has 0 heterocycles. The average molecular weight is 292 g/mol. The number of urea groups is 1. The van der Waals surface area contributed by atoms with Gasteiger partial charge in [-0.15, -0.1) is 0 Å². The fourth-order valence-corrected chi connectivity index (χ4v) is 1.90. The van der Waals surface area contributed by atoms with Gasteiger partial charge in [-0.2, -0.15) is 0 Å². The molecule has 0 aliphatic heterocycles. The van der Waals surface area contributed by atoms with Gasteiger partial charge in [-0.05, 0) is 30.7 Å². The third-order valence-electron chi connectivity index (χ3n) is 3.18. The lowest BCUT2D eigenvalue weighted by molar-refractivity contribution is -0.139. The van der Waals surface area contributed by atoms with Crippen molar-refractivity contribution in [3.63, 3.8) is 0 Å². The molecule has 0 unspecified atom stereocenters. The molecular formula is C16H24N2O3. The van der Waals surface area contributed by atoms with Crippen LogP contribution in [0.25, 0.3) is 0 Å². The Morgan fingerprint density at radius 3 is 2.38 bits per heavy atom. The quantitative estimate of drug-likeness (QED) is 0.688. The predicted octanol–water partition coefficient (Wildman–Crippen LogP) is 2.42. The van der Waals surface area contributed by atoms with Crippen LogP contribution in [0.1, 0.15) is 32.3 Å². The summed E-state index contributed by atoms with van der Waals surface area (Å²) >= 11 is 0. The van der Waals surface area contributed by atoms with Crippen LogP contribution in [0.3, 0.4) is 0 Å². The van der Waals surface area contributed by atoms with E-state index in [1.54, 1.807) is 0 Å². The lowest BCUT2D eigenvalue weighted by Gasteiger charge is -2.15. The maximum absolute atomic E-state index is 11.7. The Labute approximate surface area is 125 Å². The van der Waals surface area contributed by atoms with Crippen LogP contribution >= 0.6 is 0 Å². The first-order chi connectivity index (χ1) is 9.99. The number of benzene rings is 1. The zero-order valence-electron chi connectivity index (χ0n) is 12.6. The summed E-state index contributed by atoms with van der Waals surface area (Å²) in [5.74, 6) is -0.511. The van der Waals surface area contributed by atoms with Crippen molar-refractivity contribution in [2.24, 2.45) is 5.92 Å². The minimum absolute atomic E-state index is 0.372. The minimum atomic E-state index is -1.01. The Morgan fingerprint density at radius 1 is 1.14 bits per heavy atom. The van der Waals surface area contributed by atoms with Gasteiger partial charge in [-0.25, -0.2) is 9.59 Å². The van der Waals surface area contributed by atoms with Crippen LogP contribution in [0.5, 0.6) is 0 Å². The first kappa shape index (κ1) is 17.0. The highest BCUT2D eigenvalue weighted by Gasteiger charge is 2.19. The number of carbonyl (C=O) groups is 2. The fraction of sp³-hybridized carbons (Fsp3) is 0.500. The smallest absolute Gasteiger partial charge is 0.326 e. The molecule has 21 heavy (non-hydrogen) atoms. The van der Waals surface area contributed by atoms with E-state index in [1.807, 2.05) is 30.3 Å². The van der Waals surface area contributed by atoms with Crippen molar-refractivity contribution in [2.45, 2.75) is 39.2 Å². The average Bonchev–Trinajstić information content (AvgIpc) is 2.43. The number of aryl methyl sites for hydroxylation is 1. The molecule has 116 valence electrons. The van der Waals surface area contributed by atoms with Crippen molar-refractivity contribution in [3.8, 4) is 0 Å². The Balaban J connectivity index is 2.39. The predicted molar refractivity (Wildman–Crippen MR) is 82.2 cm³/mol. The van der Waals surface area contributed by atoms with Crippen molar-refractivity contribution < 1.29 is 14.7 Å². The summed E-state index contributed by atoms with van der Waals surface area (Å²) < 4.78 is 0. The second-order valence-electron chi connectivity index (χ2n) is 5.50. The van der Waals surface area contributed by atoms with E-state index in [9.17, 15) is 14.7 Å². The van der Waals surface area contributed by atoms with Crippen LogP contribution in [-0.4, -0.2) is 29.7 Å². The van der Waals surface area contributed by atoms with E-state index in [-0.39, 0.29) is 0 Å². The molecule has 0 spiro atoms. The highest BCUT2D eigenvalue weighted by molar-refractivity contribution is 5.82. The monoisotopic (exact) mass is 292 g/mol. The van der Waals surface area contributed by atoms with Gasteiger partial charge in [0.1, 0.15) is 6.04 Å². The van der Waals surface area contributed by atoms with E-state index < -0.39 is 18.0 Å². The van der Waals surface area contributed by atoms with E-state index in [0.717, 1.165) is 12.0 Å². The van der Waals surface area contributed by atoms with Gasteiger partial charge in [-0.3, -0.25) is 0 Å². The number of hydrogen-bond acceptors (Lipinski definition) is 2. The van der Waals surface area contributed by atoms with Crippen LogP contribution in [-0.2, 0) is 11.2 Å². The summed E-state index contributed by atoms with van der Waals surface area (Å²) in [5.41, 5.74) is 1.06. The summed E-state index contributed by atoms with van der Waals surface area (Å²) in [5, 5.41) is 14.4. The highest BCUT2D eigenvalue weighted by Crippen LogP contribution is 2.05. The maximum atomic E-state index is 11.7.